The quantitative estimate of drug-likeness (QED) is 0.237. The number of fused-ring (bicyclic) bond motifs is 1. The zero-order chi connectivity index (χ0) is 27.0. The normalized spacial score (nSPS) is 15.6. The summed E-state index contributed by atoms with van der Waals surface area (Å²) in [7, 11) is 0. The molecule has 0 saturated heterocycles. The Balaban J connectivity index is 1.46. The van der Waals surface area contributed by atoms with Crippen LogP contribution in [0.1, 0.15) is 53.8 Å². The highest BCUT2D eigenvalue weighted by Crippen LogP contribution is 2.45. The molecule has 0 spiro atoms. The standard InChI is InChI=1S/C30H27Cl3N2O2S/c1-30(2,3)18-5-11-22-26(15-18)38-29(27(22)28(36)35-20-8-6-19(31)7-9-20)34-16-21-10-13-25(37-21)17-4-12-23(32)24(33)14-17/h4,6-10,12-14,16,18H,5,11,15H2,1-3H3,(H,35,36)/t18-/m1/s1. The van der Waals surface area contributed by atoms with Crippen LogP contribution in [0.3, 0.4) is 0 Å². The molecule has 1 aliphatic rings. The number of benzene rings is 2. The molecule has 2 aromatic heterocycles. The van der Waals surface area contributed by atoms with Gasteiger partial charge in [0.15, 0.2) is 0 Å². The highest BCUT2D eigenvalue weighted by atomic mass is 35.5. The Bertz CT molecular complexity index is 1510. The lowest BCUT2D eigenvalue weighted by Gasteiger charge is -2.33. The Morgan fingerprint density at radius 2 is 1.82 bits per heavy atom. The van der Waals surface area contributed by atoms with Gasteiger partial charge in [-0.3, -0.25) is 4.79 Å². The van der Waals surface area contributed by atoms with Crippen LogP contribution in [0.2, 0.25) is 15.1 Å². The maximum absolute atomic E-state index is 13.5. The molecule has 8 heteroatoms. The van der Waals surface area contributed by atoms with Crippen LogP contribution in [0.25, 0.3) is 11.3 Å². The van der Waals surface area contributed by atoms with E-state index in [2.05, 4.69) is 26.1 Å². The molecule has 0 unspecified atom stereocenters. The van der Waals surface area contributed by atoms with Gasteiger partial charge in [0.25, 0.3) is 5.91 Å². The molecule has 38 heavy (non-hydrogen) atoms. The third kappa shape index (κ3) is 5.86. The van der Waals surface area contributed by atoms with E-state index in [1.807, 2.05) is 18.2 Å². The Morgan fingerprint density at radius 1 is 1.05 bits per heavy atom. The zero-order valence-corrected chi connectivity index (χ0v) is 24.4. The number of carbonyl (C=O) groups excluding carboxylic acids is 1. The predicted octanol–water partition coefficient (Wildman–Crippen LogP) is 10.1. The van der Waals surface area contributed by atoms with Crippen molar-refractivity contribution in [3.63, 3.8) is 0 Å². The Morgan fingerprint density at radius 3 is 2.53 bits per heavy atom. The van der Waals surface area contributed by atoms with Gasteiger partial charge >= 0.3 is 0 Å². The molecule has 0 aliphatic heterocycles. The molecule has 4 aromatic rings. The van der Waals surface area contributed by atoms with Crippen LogP contribution >= 0.6 is 46.1 Å². The minimum atomic E-state index is -0.165. The van der Waals surface area contributed by atoms with Crippen molar-refractivity contribution in [3.8, 4) is 11.3 Å². The van der Waals surface area contributed by atoms with E-state index in [4.69, 9.17) is 44.2 Å². The number of thiophene rings is 1. The monoisotopic (exact) mass is 584 g/mol. The molecule has 0 saturated carbocycles. The molecule has 0 bridgehead atoms. The highest BCUT2D eigenvalue weighted by Gasteiger charge is 2.33. The largest absolute Gasteiger partial charge is 0.455 e. The molecule has 1 aliphatic carbocycles. The van der Waals surface area contributed by atoms with E-state index in [-0.39, 0.29) is 11.3 Å². The van der Waals surface area contributed by atoms with E-state index >= 15 is 0 Å². The topological polar surface area (TPSA) is 54.6 Å². The summed E-state index contributed by atoms with van der Waals surface area (Å²) < 4.78 is 6.00. The Labute approximate surface area is 241 Å². The summed E-state index contributed by atoms with van der Waals surface area (Å²) in [4.78, 5) is 19.5. The zero-order valence-electron chi connectivity index (χ0n) is 21.3. The Kier molecular flexibility index (Phi) is 7.74. The average Bonchev–Trinajstić information content (AvgIpc) is 3.49. The number of carbonyl (C=O) groups is 1. The number of aliphatic imine (C=N–C) groups is 1. The van der Waals surface area contributed by atoms with Crippen molar-refractivity contribution in [2.75, 3.05) is 5.32 Å². The van der Waals surface area contributed by atoms with Gasteiger partial charge in [0.2, 0.25) is 0 Å². The first kappa shape index (κ1) is 27.0. The van der Waals surface area contributed by atoms with Crippen molar-refractivity contribution in [3.05, 3.63) is 91.4 Å². The average molecular weight is 586 g/mol. The fraction of sp³-hybridized carbons (Fsp3) is 0.267. The molecule has 5 rings (SSSR count). The number of hydrogen-bond acceptors (Lipinski definition) is 4. The predicted molar refractivity (Wildman–Crippen MR) is 160 cm³/mol. The SMILES string of the molecule is CC(C)(C)[C@@H]1CCc2c(sc(N=Cc3ccc(-c4ccc(Cl)c(Cl)c4)o3)c2C(=O)Nc2ccc(Cl)cc2)C1. The van der Waals surface area contributed by atoms with Crippen molar-refractivity contribution in [2.45, 2.75) is 40.0 Å². The van der Waals surface area contributed by atoms with E-state index < -0.39 is 0 Å². The summed E-state index contributed by atoms with van der Waals surface area (Å²) in [5.74, 6) is 1.62. The number of nitrogens with zero attached hydrogens (tertiary/aromatic N) is 1. The summed E-state index contributed by atoms with van der Waals surface area (Å²) in [6.45, 7) is 6.85. The van der Waals surface area contributed by atoms with Crippen molar-refractivity contribution >= 4 is 68.9 Å². The number of furan rings is 1. The number of halogens is 3. The van der Waals surface area contributed by atoms with Gasteiger partial charge < -0.3 is 9.73 Å². The third-order valence-corrected chi connectivity index (χ3v) is 9.09. The van der Waals surface area contributed by atoms with E-state index in [0.717, 1.165) is 30.4 Å². The van der Waals surface area contributed by atoms with Crippen LogP contribution in [0.5, 0.6) is 0 Å². The maximum Gasteiger partial charge on any atom is 0.259 e. The lowest BCUT2D eigenvalue weighted by Crippen LogP contribution is -2.27. The lowest BCUT2D eigenvalue weighted by molar-refractivity contribution is 0.102. The first-order chi connectivity index (χ1) is 18.1. The Hall–Kier alpha value is -2.57. The molecule has 196 valence electrons. The van der Waals surface area contributed by atoms with Crippen molar-refractivity contribution in [1.29, 1.82) is 0 Å². The number of rotatable bonds is 5. The van der Waals surface area contributed by atoms with Crippen LogP contribution in [-0.4, -0.2) is 12.1 Å². The molecule has 1 atom stereocenters. The van der Waals surface area contributed by atoms with Gasteiger partial charge in [-0.1, -0.05) is 55.6 Å². The molecule has 1 amide bonds. The van der Waals surface area contributed by atoms with Crippen LogP contribution < -0.4 is 5.32 Å². The van der Waals surface area contributed by atoms with Crippen LogP contribution in [0.4, 0.5) is 10.7 Å². The van der Waals surface area contributed by atoms with Crippen molar-refractivity contribution in [2.24, 2.45) is 16.3 Å². The second kappa shape index (κ2) is 10.9. The van der Waals surface area contributed by atoms with E-state index in [9.17, 15) is 4.79 Å². The third-order valence-electron chi connectivity index (χ3n) is 6.94. The summed E-state index contributed by atoms with van der Waals surface area (Å²) in [6, 6.07) is 16.2. The summed E-state index contributed by atoms with van der Waals surface area (Å²) in [5.41, 5.74) is 3.45. The number of anilines is 1. The van der Waals surface area contributed by atoms with Gasteiger partial charge in [0.1, 0.15) is 16.5 Å². The van der Waals surface area contributed by atoms with Crippen molar-refractivity contribution in [1.82, 2.24) is 0 Å². The van der Waals surface area contributed by atoms with Gasteiger partial charge in [-0.2, -0.15) is 0 Å². The second-order valence-electron chi connectivity index (χ2n) is 10.5. The fourth-order valence-corrected chi connectivity index (χ4v) is 6.40. The minimum Gasteiger partial charge on any atom is -0.455 e. The molecule has 0 radical (unpaired) electrons. The van der Waals surface area contributed by atoms with E-state index in [1.54, 1.807) is 53.9 Å². The summed E-state index contributed by atoms with van der Waals surface area (Å²) in [5, 5.41) is 5.28. The second-order valence-corrected chi connectivity index (χ2v) is 12.9. The smallest absolute Gasteiger partial charge is 0.259 e. The molecule has 4 nitrogen and oxygen atoms in total. The molecule has 0 fully saturated rings. The number of hydrogen-bond donors (Lipinski definition) is 1. The molecule has 2 heterocycles. The van der Waals surface area contributed by atoms with Crippen LogP contribution in [-0.2, 0) is 12.8 Å². The maximum atomic E-state index is 13.5. The van der Waals surface area contributed by atoms with Gasteiger partial charge in [0, 0.05) is 21.2 Å². The molecule has 1 N–H and O–H groups in total. The van der Waals surface area contributed by atoms with E-state index in [0.29, 0.717) is 48.8 Å². The fourth-order valence-electron chi connectivity index (χ4n) is 4.71. The van der Waals surface area contributed by atoms with Gasteiger partial charge in [-0.15, -0.1) is 11.3 Å². The van der Waals surface area contributed by atoms with Crippen molar-refractivity contribution < 1.29 is 9.21 Å². The molecule has 2 aromatic carbocycles. The first-order valence-electron chi connectivity index (χ1n) is 12.4. The van der Waals surface area contributed by atoms with Crippen LogP contribution in [0, 0.1) is 11.3 Å². The number of amides is 1. The van der Waals surface area contributed by atoms with Gasteiger partial charge in [-0.25, -0.2) is 4.99 Å². The van der Waals surface area contributed by atoms with E-state index in [1.165, 1.54) is 4.88 Å². The molecular weight excluding hydrogens is 559 g/mol. The van der Waals surface area contributed by atoms with Gasteiger partial charge in [0.05, 0.1) is 21.8 Å². The first-order valence-corrected chi connectivity index (χ1v) is 14.3. The molecular formula is C30H27Cl3N2O2S. The highest BCUT2D eigenvalue weighted by molar-refractivity contribution is 7.16. The number of nitrogens with one attached hydrogen (secondary N) is 1. The lowest BCUT2D eigenvalue weighted by atomic mass is 9.72. The van der Waals surface area contributed by atoms with Gasteiger partial charge in [-0.05, 0) is 90.8 Å². The minimum absolute atomic E-state index is 0.165. The summed E-state index contributed by atoms with van der Waals surface area (Å²) in [6.07, 6.45) is 4.51. The summed E-state index contributed by atoms with van der Waals surface area (Å²) >= 11 is 19.8. The van der Waals surface area contributed by atoms with Crippen LogP contribution in [0.15, 0.2) is 64.0 Å².